The van der Waals surface area contributed by atoms with Gasteiger partial charge < -0.3 is 9.88 Å². The summed E-state index contributed by atoms with van der Waals surface area (Å²) in [6, 6.07) is 4.55. The third-order valence-corrected chi connectivity index (χ3v) is 4.93. The number of aromatic nitrogens is 4. The maximum atomic E-state index is 12.8. The standard InChI is InChI=1S/C18H18F3N5O/c1-8(2)26-13-6-11-10(5-9(13)17(3,4)16(26)27)22-15(23-11)12-7-14(25-24-12)18(19,20)21/h5-8H,1-4H3,(H,22,23)(H,24,25). The number of benzene rings is 1. The molecule has 0 unspecified atom stereocenters. The number of alkyl halides is 3. The Balaban J connectivity index is 1.84. The number of imidazole rings is 1. The minimum Gasteiger partial charge on any atom is -0.337 e. The van der Waals surface area contributed by atoms with E-state index in [1.165, 1.54) is 0 Å². The number of nitrogens with zero attached hydrogens (tertiary/aromatic N) is 3. The van der Waals surface area contributed by atoms with Gasteiger partial charge in [-0.05, 0) is 51.5 Å². The second kappa shape index (κ2) is 5.34. The summed E-state index contributed by atoms with van der Waals surface area (Å²) < 4.78 is 38.3. The van der Waals surface area contributed by atoms with E-state index in [-0.39, 0.29) is 23.5 Å². The van der Waals surface area contributed by atoms with Crippen molar-refractivity contribution in [2.24, 2.45) is 0 Å². The number of hydrogen-bond donors (Lipinski definition) is 2. The predicted octanol–water partition coefficient (Wildman–Crippen LogP) is 4.00. The average Bonchev–Trinajstić information content (AvgIpc) is 3.22. The fraction of sp³-hybridized carbons (Fsp3) is 0.389. The average molecular weight is 377 g/mol. The summed E-state index contributed by atoms with van der Waals surface area (Å²) in [6.45, 7) is 7.60. The molecule has 1 aromatic carbocycles. The lowest BCUT2D eigenvalue weighted by Crippen LogP contribution is -2.40. The highest BCUT2D eigenvalue weighted by molar-refractivity contribution is 6.09. The molecular formula is C18H18F3N5O. The van der Waals surface area contributed by atoms with Crippen molar-refractivity contribution in [2.45, 2.75) is 45.3 Å². The number of anilines is 1. The molecule has 1 aliphatic rings. The van der Waals surface area contributed by atoms with Crippen LogP contribution in [0.4, 0.5) is 18.9 Å². The van der Waals surface area contributed by atoms with Crippen LogP contribution in [0.3, 0.4) is 0 Å². The Bertz CT molecular complexity index is 1060. The van der Waals surface area contributed by atoms with Crippen molar-refractivity contribution in [3.63, 3.8) is 0 Å². The highest BCUT2D eigenvalue weighted by Crippen LogP contribution is 2.44. The summed E-state index contributed by atoms with van der Waals surface area (Å²) in [7, 11) is 0. The number of halogens is 3. The first kappa shape index (κ1) is 17.6. The molecule has 0 radical (unpaired) electrons. The molecule has 142 valence electrons. The van der Waals surface area contributed by atoms with Crippen molar-refractivity contribution in [1.82, 2.24) is 20.2 Å². The second-order valence-electron chi connectivity index (χ2n) is 7.53. The van der Waals surface area contributed by atoms with Crippen molar-refractivity contribution in [1.29, 1.82) is 0 Å². The molecule has 0 atom stereocenters. The molecule has 2 N–H and O–H groups in total. The number of fused-ring (bicyclic) bond motifs is 2. The van der Waals surface area contributed by atoms with Gasteiger partial charge >= 0.3 is 6.18 Å². The number of hydrogen-bond acceptors (Lipinski definition) is 3. The molecule has 0 bridgehead atoms. The van der Waals surface area contributed by atoms with Crippen LogP contribution >= 0.6 is 0 Å². The van der Waals surface area contributed by atoms with Gasteiger partial charge in [-0.1, -0.05) is 0 Å². The van der Waals surface area contributed by atoms with Gasteiger partial charge in [0, 0.05) is 6.04 Å². The Morgan fingerprint density at radius 3 is 2.48 bits per heavy atom. The fourth-order valence-electron chi connectivity index (χ4n) is 3.50. The Morgan fingerprint density at radius 2 is 1.89 bits per heavy atom. The zero-order chi connectivity index (χ0) is 19.7. The van der Waals surface area contributed by atoms with Gasteiger partial charge in [0.15, 0.2) is 11.5 Å². The van der Waals surface area contributed by atoms with Crippen molar-refractivity contribution >= 4 is 22.6 Å². The van der Waals surface area contributed by atoms with Crippen LogP contribution in [-0.2, 0) is 16.4 Å². The van der Waals surface area contributed by atoms with E-state index in [0.29, 0.717) is 11.0 Å². The largest absolute Gasteiger partial charge is 0.435 e. The van der Waals surface area contributed by atoms with Crippen LogP contribution in [0, 0.1) is 0 Å². The number of rotatable bonds is 2. The van der Waals surface area contributed by atoms with Crippen molar-refractivity contribution in [2.75, 3.05) is 4.90 Å². The summed E-state index contributed by atoms with van der Waals surface area (Å²) in [5.41, 5.74) is 1.33. The molecule has 0 fully saturated rings. The number of nitrogens with one attached hydrogen (secondary N) is 2. The Morgan fingerprint density at radius 1 is 1.19 bits per heavy atom. The van der Waals surface area contributed by atoms with E-state index in [0.717, 1.165) is 17.3 Å². The number of H-pyrrole nitrogens is 2. The van der Waals surface area contributed by atoms with Crippen LogP contribution < -0.4 is 4.90 Å². The molecule has 3 aromatic rings. The van der Waals surface area contributed by atoms with Gasteiger partial charge in [-0.2, -0.15) is 18.3 Å². The van der Waals surface area contributed by atoms with Crippen molar-refractivity contribution < 1.29 is 18.0 Å². The summed E-state index contributed by atoms with van der Waals surface area (Å²) in [4.78, 5) is 21.9. The predicted molar refractivity (Wildman–Crippen MR) is 94.3 cm³/mol. The van der Waals surface area contributed by atoms with E-state index in [1.807, 2.05) is 33.8 Å². The van der Waals surface area contributed by atoms with Gasteiger partial charge in [0.2, 0.25) is 5.91 Å². The van der Waals surface area contributed by atoms with Gasteiger partial charge in [0.1, 0.15) is 5.69 Å². The quantitative estimate of drug-likeness (QED) is 0.709. The first-order chi connectivity index (χ1) is 12.5. The molecule has 1 aliphatic heterocycles. The number of carbonyl (C=O) groups is 1. The lowest BCUT2D eigenvalue weighted by molar-refractivity contribution is -0.141. The summed E-state index contributed by atoms with van der Waals surface area (Å²) in [6.07, 6.45) is -4.52. The molecule has 9 heteroatoms. The minimum absolute atomic E-state index is 0.0174. The maximum Gasteiger partial charge on any atom is 0.435 e. The van der Waals surface area contributed by atoms with Gasteiger partial charge in [-0.25, -0.2) is 4.98 Å². The van der Waals surface area contributed by atoms with Crippen molar-refractivity contribution in [3.8, 4) is 11.5 Å². The van der Waals surface area contributed by atoms with Crippen molar-refractivity contribution in [3.05, 3.63) is 29.5 Å². The molecule has 6 nitrogen and oxygen atoms in total. The third-order valence-electron chi connectivity index (χ3n) is 4.93. The van der Waals surface area contributed by atoms with E-state index >= 15 is 0 Å². The highest BCUT2D eigenvalue weighted by atomic mass is 19.4. The Hall–Kier alpha value is -2.84. The molecule has 3 heterocycles. The minimum atomic E-state index is -4.52. The van der Waals surface area contributed by atoms with Crippen LogP contribution in [0.5, 0.6) is 0 Å². The normalized spacial score (nSPS) is 16.6. The highest BCUT2D eigenvalue weighted by Gasteiger charge is 2.45. The Labute approximate surface area is 152 Å². The molecule has 0 spiro atoms. The van der Waals surface area contributed by atoms with Crippen LogP contribution in [0.25, 0.3) is 22.6 Å². The van der Waals surface area contributed by atoms with Gasteiger partial charge in [0.05, 0.1) is 22.1 Å². The van der Waals surface area contributed by atoms with E-state index in [4.69, 9.17) is 0 Å². The van der Waals surface area contributed by atoms with E-state index in [1.54, 1.807) is 11.0 Å². The summed E-state index contributed by atoms with van der Waals surface area (Å²) >= 11 is 0. The molecule has 0 saturated carbocycles. The first-order valence-electron chi connectivity index (χ1n) is 8.51. The summed E-state index contributed by atoms with van der Waals surface area (Å²) in [5, 5.41) is 5.67. The molecular weight excluding hydrogens is 359 g/mol. The van der Waals surface area contributed by atoms with Gasteiger partial charge in [0.25, 0.3) is 0 Å². The van der Waals surface area contributed by atoms with Crippen LogP contribution in [0.1, 0.15) is 39.0 Å². The molecule has 27 heavy (non-hydrogen) atoms. The van der Waals surface area contributed by atoms with E-state index in [2.05, 4.69) is 20.2 Å². The molecule has 0 saturated heterocycles. The van der Waals surface area contributed by atoms with Gasteiger partial charge in [-0.3, -0.25) is 9.89 Å². The topological polar surface area (TPSA) is 77.7 Å². The molecule has 0 aliphatic carbocycles. The zero-order valence-electron chi connectivity index (χ0n) is 15.2. The molecule has 1 amide bonds. The molecule has 2 aromatic heterocycles. The number of carbonyl (C=O) groups excluding carboxylic acids is 1. The van der Waals surface area contributed by atoms with Crippen LogP contribution in [-0.4, -0.2) is 32.1 Å². The lowest BCUT2D eigenvalue weighted by atomic mass is 9.86. The number of aromatic amines is 2. The fourth-order valence-corrected chi connectivity index (χ4v) is 3.50. The second-order valence-corrected chi connectivity index (χ2v) is 7.53. The van der Waals surface area contributed by atoms with Crippen LogP contribution in [0.2, 0.25) is 0 Å². The summed E-state index contributed by atoms with van der Waals surface area (Å²) in [5.74, 6) is 0.278. The molecule has 4 rings (SSSR count). The monoisotopic (exact) mass is 377 g/mol. The first-order valence-corrected chi connectivity index (χ1v) is 8.51. The smallest absolute Gasteiger partial charge is 0.337 e. The SMILES string of the molecule is CC(C)N1C(=O)C(C)(C)c2cc3[nH]c(-c4cc(C(F)(F)F)n[nH]4)nc3cc21. The van der Waals surface area contributed by atoms with E-state index in [9.17, 15) is 18.0 Å². The third kappa shape index (κ3) is 2.52. The Kier molecular flexibility index (Phi) is 3.47. The van der Waals surface area contributed by atoms with E-state index < -0.39 is 17.3 Å². The van der Waals surface area contributed by atoms with Crippen LogP contribution in [0.15, 0.2) is 18.2 Å². The zero-order valence-corrected chi connectivity index (χ0v) is 15.2. The maximum absolute atomic E-state index is 12.8. The number of amides is 1. The van der Waals surface area contributed by atoms with Gasteiger partial charge in [-0.15, -0.1) is 0 Å². The lowest BCUT2D eigenvalue weighted by Gasteiger charge is -2.24.